The molecule has 0 aliphatic heterocycles. The zero-order chi connectivity index (χ0) is 13.6. The van der Waals surface area contributed by atoms with E-state index in [1.165, 1.54) is 25.7 Å². The number of nitrogen functional groups attached to an aromatic ring is 1. The molecule has 0 spiro atoms. The molecule has 1 aromatic rings. The van der Waals surface area contributed by atoms with Crippen molar-refractivity contribution < 1.29 is 4.79 Å². The predicted octanol–water partition coefficient (Wildman–Crippen LogP) is 1.81. The van der Waals surface area contributed by atoms with Crippen LogP contribution >= 0.6 is 0 Å². The molecular weight excluding hydrogens is 240 g/mol. The smallest absolute Gasteiger partial charge is 0.276 e. The molecule has 3 rings (SSSR count). The van der Waals surface area contributed by atoms with Crippen LogP contribution in [-0.4, -0.2) is 34.6 Å². The van der Waals surface area contributed by atoms with Gasteiger partial charge in [0.15, 0.2) is 5.69 Å². The third kappa shape index (κ3) is 2.11. The van der Waals surface area contributed by atoms with E-state index in [0.717, 1.165) is 24.1 Å². The van der Waals surface area contributed by atoms with Gasteiger partial charge in [0, 0.05) is 13.6 Å². The Hall–Kier alpha value is -1.52. The van der Waals surface area contributed by atoms with Gasteiger partial charge in [0.05, 0.1) is 11.4 Å². The third-order valence-corrected chi connectivity index (χ3v) is 4.94. The van der Waals surface area contributed by atoms with Gasteiger partial charge < -0.3 is 10.6 Å². The van der Waals surface area contributed by atoms with Crippen molar-refractivity contribution in [2.24, 2.45) is 17.8 Å². The Balaban J connectivity index is 1.65. The van der Waals surface area contributed by atoms with E-state index in [0.29, 0.717) is 17.3 Å². The Labute approximate surface area is 113 Å². The maximum Gasteiger partial charge on any atom is 0.276 e. The normalized spacial score (nSPS) is 28.8. The van der Waals surface area contributed by atoms with Gasteiger partial charge in [-0.25, -0.2) is 0 Å². The Bertz CT molecular complexity index is 496. The second-order valence-corrected chi connectivity index (χ2v) is 6.23. The van der Waals surface area contributed by atoms with Crippen molar-refractivity contribution in [1.29, 1.82) is 0 Å². The van der Waals surface area contributed by atoms with Crippen molar-refractivity contribution in [2.45, 2.75) is 32.6 Å². The maximum absolute atomic E-state index is 12.3. The molecule has 3 unspecified atom stereocenters. The lowest BCUT2D eigenvalue weighted by Crippen LogP contribution is -2.34. The van der Waals surface area contributed by atoms with Gasteiger partial charge >= 0.3 is 0 Å². The Kier molecular flexibility index (Phi) is 2.99. The van der Waals surface area contributed by atoms with Crippen molar-refractivity contribution in [3.05, 3.63) is 11.4 Å². The zero-order valence-corrected chi connectivity index (χ0v) is 11.6. The van der Waals surface area contributed by atoms with Gasteiger partial charge in [-0.3, -0.25) is 9.89 Å². The number of nitrogens with two attached hydrogens (primary N) is 1. The van der Waals surface area contributed by atoms with Gasteiger partial charge in [-0.05, 0) is 43.9 Å². The lowest BCUT2D eigenvalue weighted by Gasteiger charge is -2.26. The minimum absolute atomic E-state index is 0.0652. The number of nitrogens with zero attached hydrogens (tertiary/aromatic N) is 2. The molecule has 5 nitrogen and oxygen atoms in total. The molecule has 2 aliphatic carbocycles. The van der Waals surface area contributed by atoms with Gasteiger partial charge in [-0.1, -0.05) is 6.42 Å². The molecule has 2 fully saturated rings. The number of aromatic amines is 1. The zero-order valence-electron chi connectivity index (χ0n) is 11.6. The average molecular weight is 262 g/mol. The first-order valence-electron chi connectivity index (χ1n) is 7.12. The van der Waals surface area contributed by atoms with Crippen LogP contribution in [0.15, 0.2) is 0 Å². The largest absolute Gasteiger partial charge is 0.395 e. The van der Waals surface area contributed by atoms with Crippen LogP contribution in [0.2, 0.25) is 0 Å². The van der Waals surface area contributed by atoms with Crippen molar-refractivity contribution in [3.8, 4) is 0 Å². The lowest BCUT2D eigenvalue weighted by atomic mass is 9.88. The fraction of sp³-hybridized carbons (Fsp3) is 0.714. The lowest BCUT2D eigenvalue weighted by molar-refractivity contribution is 0.0749. The number of hydrogen-bond donors (Lipinski definition) is 2. The molecule has 19 heavy (non-hydrogen) atoms. The number of carbonyl (C=O) groups is 1. The quantitative estimate of drug-likeness (QED) is 0.872. The maximum atomic E-state index is 12.3. The van der Waals surface area contributed by atoms with Crippen molar-refractivity contribution in [1.82, 2.24) is 15.1 Å². The standard InChI is InChI=1S/C14H22N4O/c1-8-12(15)13(17-16-8)14(19)18(2)7-11-6-9-3-4-10(11)5-9/h9-11H,3-7,15H2,1-2H3,(H,16,17). The Morgan fingerprint density at radius 3 is 2.79 bits per heavy atom. The van der Waals surface area contributed by atoms with Crippen LogP contribution in [0.4, 0.5) is 5.69 Å². The fourth-order valence-corrected chi connectivity index (χ4v) is 3.82. The van der Waals surface area contributed by atoms with E-state index in [1.807, 2.05) is 14.0 Å². The Morgan fingerprint density at radius 1 is 1.47 bits per heavy atom. The predicted molar refractivity (Wildman–Crippen MR) is 73.6 cm³/mol. The second kappa shape index (κ2) is 4.54. The van der Waals surface area contributed by atoms with E-state index in [2.05, 4.69) is 10.2 Å². The average Bonchev–Trinajstić information content (AvgIpc) is 3.07. The van der Waals surface area contributed by atoms with Crippen molar-refractivity contribution in [2.75, 3.05) is 19.3 Å². The third-order valence-electron chi connectivity index (χ3n) is 4.94. The number of nitrogens with one attached hydrogen (secondary N) is 1. The van der Waals surface area contributed by atoms with E-state index in [4.69, 9.17) is 5.73 Å². The molecule has 2 saturated carbocycles. The molecule has 1 aromatic heterocycles. The van der Waals surface area contributed by atoms with Crippen LogP contribution in [0.5, 0.6) is 0 Å². The van der Waals surface area contributed by atoms with Gasteiger partial charge in [-0.2, -0.15) is 5.10 Å². The van der Waals surface area contributed by atoms with Gasteiger partial charge in [-0.15, -0.1) is 0 Å². The van der Waals surface area contributed by atoms with Crippen LogP contribution < -0.4 is 5.73 Å². The summed E-state index contributed by atoms with van der Waals surface area (Å²) in [7, 11) is 1.86. The van der Waals surface area contributed by atoms with Crippen LogP contribution in [0.1, 0.15) is 41.9 Å². The van der Waals surface area contributed by atoms with Crippen molar-refractivity contribution in [3.63, 3.8) is 0 Å². The number of rotatable bonds is 3. The summed E-state index contributed by atoms with van der Waals surface area (Å²) >= 11 is 0. The number of anilines is 1. The molecule has 5 heteroatoms. The Morgan fingerprint density at radius 2 is 2.26 bits per heavy atom. The highest BCUT2D eigenvalue weighted by molar-refractivity contribution is 5.97. The summed E-state index contributed by atoms with van der Waals surface area (Å²) in [6, 6.07) is 0. The first kappa shape index (κ1) is 12.5. The van der Waals surface area contributed by atoms with Crippen LogP contribution in [-0.2, 0) is 0 Å². The first-order valence-corrected chi connectivity index (χ1v) is 7.12. The molecular formula is C14H22N4O. The monoisotopic (exact) mass is 262 g/mol. The summed E-state index contributed by atoms with van der Waals surface area (Å²) in [5, 5.41) is 6.79. The molecule has 0 radical (unpaired) electrons. The molecule has 104 valence electrons. The molecule has 0 aromatic carbocycles. The summed E-state index contributed by atoms with van der Waals surface area (Å²) in [5.74, 6) is 2.35. The summed E-state index contributed by atoms with van der Waals surface area (Å²) in [6.45, 7) is 2.67. The highest BCUT2D eigenvalue weighted by atomic mass is 16.2. The highest BCUT2D eigenvalue weighted by Crippen LogP contribution is 2.48. The molecule has 3 atom stereocenters. The van der Waals surface area contributed by atoms with Gasteiger partial charge in [0.1, 0.15) is 0 Å². The summed E-state index contributed by atoms with van der Waals surface area (Å²) in [4.78, 5) is 14.1. The number of aryl methyl sites for hydroxylation is 1. The minimum Gasteiger partial charge on any atom is -0.395 e. The van der Waals surface area contributed by atoms with E-state index in [9.17, 15) is 4.79 Å². The number of carbonyl (C=O) groups excluding carboxylic acids is 1. The number of H-pyrrole nitrogens is 1. The molecule has 0 saturated heterocycles. The topological polar surface area (TPSA) is 75.0 Å². The number of amides is 1. The summed E-state index contributed by atoms with van der Waals surface area (Å²) in [6.07, 6.45) is 5.40. The first-order chi connectivity index (χ1) is 9.06. The molecule has 2 aliphatic rings. The number of aromatic nitrogens is 2. The van der Waals surface area contributed by atoms with Crippen LogP contribution in [0.25, 0.3) is 0 Å². The van der Waals surface area contributed by atoms with E-state index < -0.39 is 0 Å². The van der Waals surface area contributed by atoms with Crippen LogP contribution in [0.3, 0.4) is 0 Å². The minimum atomic E-state index is -0.0652. The summed E-state index contributed by atoms with van der Waals surface area (Å²) in [5.41, 5.74) is 7.47. The van der Waals surface area contributed by atoms with E-state index >= 15 is 0 Å². The molecule has 1 amide bonds. The number of fused-ring (bicyclic) bond motifs is 2. The highest BCUT2D eigenvalue weighted by Gasteiger charge is 2.40. The summed E-state index contributed by atoms with van der Waals surface area (Å²) < 4.78 is 0. The molecule has 2 bridgehead atoms. The molecule has 3 N–H and O–H groups in total. The SMILES string of the molecule is Cc1[nH]nc(C(=O)N(C)CC2CC3CCC2C3)c1N. The second-order valence-electron chi connectivity index (χ2n) is 6.23. The molecule has 1 heterocycles. The number of hydrogen-bond acceptors (Lipinski definition) is 3. The fourth-order valence-electron chi connectivity index (χ4n) is 3.82. The van der Waals surface area contributed by atoms with Crippen LogP contribution in [0, 0.1) is 24.7 Å². The van der Waals surface area contributed by atoms with E-state index in [-0.39, 0.29) is 5.91 Å². The van der Waals surface area contributed by atoms with Gasteiger partial charge in [0.2, 0.25) is 0 Å². The van der Waals surface area contributed by atoms with Gasteiger partial charge in [0.25, 0.3) is 5.91 Å². The van der Waals surface area contributed by atoms with E-state index in [1.54, 1.807) is 4.90 Å². The van der Waals surface area contributed by atoms with Crippen molar-refractivity contribution >= 4 is 11.6 Å².